The van der Waals surface area contributed by atoms with Crippen LogP contribution in [0.5, 0.6) is 0 Å². The molecule has 126 valence electrons. The average molecular weight is 299 g/mol. The Hall–Kier alpha value is -0.120. The van der Waals surface area contributed by atoms with Gasteiger partial charge in [-0.15, -0.1) is 0 Å². The Morgan fingerprint density at radius 2 is 1.76 bits per heavy atom. The molecule has 0 atom stereocenters. The second-order valence-corrected chi connectivity index (χ2v) is 8.31. The summed E-state index contributed by atoms with van der Waals surface area (Å²) in [7, 11) is 0. The number of aliphatic hydroxyl groups is 1. The Morgan fingerprint density at radius 1 is 1.14 bits per heavy atom. The van der Waals surface area contributed by atoms with Gasteiger partial charge in [-0.25, -0.2) is 0 Å². The minimum Gasteiger partial charge on any atom is -0.396 e. The van der Waals surface area contributed by atoms with E-state index < -0.39 is 0 Å². The molecular formula is C18H38N2O. The van der Waals surface area contributed by atoms with Crippen LogP contribution in [-0.4, -0.2) is 47.8 Å². The van der Waals surface area contributed by atoms with Crippen LogP contribution in [0.1, 0.15) is 73.1 Å². The van der Waals surface area contributed by atoms with E-state index in [9.17, 15) is 0 Å². The van der Waals surface area contributed by atoms with Crippen LogP contribution in [0.4, 0.5) is 0 Å². The molecule has 1 rings (SSSR count). The third-order valence-electron chi connectivity index (χ3n) is 4.78. The standard InChI is InChI=1S/C18H38N2O/c1-16(2)20(12-9-13-21)15-18(10-7-6-8-11-18)14-19-17(3,4)5/h16,19,21H,6-15H2,1-5H3. The van der Waals surface area contributed by atoms with Gasteiger partial charge in [0.1, 0.15) is 0 Å². The summed E-state index contributed by atoms with van der Waals surface area (Å²) in [6.45, 7) is 15.0. The first-order valence-corrected chi connectivity index (χ1v) is 8.88. The van der Waals surface area contributed by atoms with E-state index in [4.69, 9.17) is 5.11 Å². The summed E-state index contributed by atoms with van der Waals surface area (Å²) in [6, 6.07) is 0.560. The second kappa shape index (κ2) is 8.50. The Morgan fingerprint density at radius 3 is 2.24 bits per heavy atom. The van der Waals surface area contributed by atoms with Gasteiger partial charge in [-0.1, -0.05) is 19.3 Å². The third-order valence-corrected chi connectivity index (χ3v) is 4.78. The zero-order chi connectivity index (χ0) is 15.9. The summed E-state index contributed by atoms with van der Waals surface area (Å²) < 4.78 is 0. The SMILES string of the molecule is CC(C)N(CCCO)CC1(CNC(C)(C)C)CCCCC1. The summed E-state index contributed by atoms with van der Waals surface area (Å²) in [4.78, 5) is 2.58. The predicted octanol–water partition coefficient (Wildman–Crippen LogP) is 3.42. The van der Waals surface area contributed by atoms with Gasteiger partial charge in [-0.05, 0) is 59.3 Å². The van der Waals surface area contributed by atoms with Gasteiger partial charge in [0.15, 0.2) is 0 Å². The van der Waals surface area contributed by atoms with Crippen molar-refractivity contribution in [1.82, 2.24) is 10.2 Å². The molecule has 1 aliphatic carbocycles. The number of rotatable bonds is 8. The molecule has 0 radical (unpaired) electrons. The Labute approximate surface area is 132 Å². The van der Waals surface area contributed by atoms with E-state index >= 15 is 0 Å². The van der Waals surface area contributed by atoms with Crippen LogP contribution in [0.15, 0.2) is 0 Å². The van der Waals surface area contributed by atoms with E-state index in [1.807, 2.05) is 0 Å². The maximum Gasteiger partial charge on any atom is 0.0443 e. The van der Waals surface area contributed by atoms with Crippen LogP contribution >= 0.6 is 0 Å². The molecule has 0 heterocycles. The maximum atomic E-state index is 9.14. The fourth-order valence-electron chi connectivity index (χ4n) is 3.37. The fourth-order valence-corrected chi connectivity index (χ4v) is 3.37. The van der Waals surface area contributed by atoms with Gasteiger partial charge in [0.2, 0.25) is 0 Å². The number of hydrogen-bond acceptors (Lipinski definition) is 3. The molecule has 2 N–H and O–H groups in total. The Bertz CT molecular complexity index is 277. The topological polar surface area (TPSA) is 35.5 Å². The molecule has 0 amide bonds. The van der Waals surface area contributed by atoms with Crippen molar-refractivity contribution in [1.29, 1.82) is 0 Å². The van der Waals surface area contributed by atoms with Gasteiger partial charge >= 0.3 is 0 Å². The van der Waals surface area contributed by atoms with Crippen molar-refractivity contribution in [2.45, 2.75) is 84.7 Å². The molecule has 3 nitrogen and oxygen atoms in total. The van der Waals surface area contributed by atoms with E-state index in [1.165, 1.54) is 38.6 Å². The molecule has 21 heavy (non-hydrogen) atoms. The van der Waals surface area contributed by atoms with E-state index in [-0.39, 0.29) is 5.54 Å². The third kappa shape index (κ3) is 7.12. The molecule has 1 saturated carbocycles. The first kappa shape index (κ1) is 18.9. The molecule has 0 aromatic heterocycles. The average Bonchev–Trinajstić information content (AvgIpc) is 2.41. The lowest BCUT2D eigenvalue weighted by Gasteiger charge is -2.44. The zero-order valence-corrected chi connectivity index (χ0v) is 15.0. The molecule has 0 aliphatic heterocycles. The highest BCUT2D eigenvalue weighted by atomic mass is 16.3. The summed E-state index contributed by atoms with van der Waals surface area (Å²) >= 11 is 0. The lowest BCUT2D eigenvalue weighted by molar-refractivity contribution is 0.0731. The van der Waals surface area contributed by atoms with Gasteiger partial charge in [0.05, 0.1) is 0 Å². The van der Waals surface area contributed by atoms with E-state index in [0.29, 0.717) is 18.1 Å². The molecule has 0 spiro atoms. The molecule has 0 saturated heterocycles. The fraction of sp³-hybridized carbons (Fsp3) is 1.00. The van der Waals surface area contributed by atoms with E-state index in [2.05, 4.69) is 44.8 Å². The van der Waals surface area contributed by atoms with Crippen LogP contribution in [-0.2, 0) is 0 Å². The predicted molar refractivity (Wildman–Crippen MR) is 91.7 cm³/mol. The Kier molecular flexibility index (Phi) is 7.66. The molecule has 0 aromatic rings. The van der Waals surface area contributed by atoms with Crippen LogP contribution in [0.3, 0.4) is 0 Å². The minimum atomic E-state index is 0.193. The maximum absolute atomic E-state index is 9.14. The van der Waals surface area contributed by atoms with Crippen molar-refractivity contribution in [3.8, 4) is 0 Å². The molecule has 1 fully saturated rings. The summed E-state index contributed by atoms with van der Waals surface area (Å²) in [5.41, 5.74) is 0.615. The van der Waals surface area contributed by atoms with Gasteiger partial charge in [0, 0.05) is 37.8 Å². The molecule has 0 aromatic carbocycles. The highest BCUT2D eigenvalue weighted by molar-refractivity contribution is 4.90. The zero-order valence-electron chi connectivity index (χ0n) is 15.0. The summed E-state index contributed by atoms with van der Waals surface area (Å²) in [5, 5.41) is 12.9. The van der Waals surface area contributed by atoms with Crippen LogP contribution in [0.2, 0.25) is 0 Å². The molecular weight excluding hydrogens is 260 g/mol. The molecule has 1 aliphatic rings. The van der Waals surface area contributed by atoms with Crippen molar-refractivity contribution < 1.29 is 5.11 Å². The largest absolute Gasteiger partial charge is 0.396 e. The number of nitrogens with zero attached hydrogens (tertiary/aromatic N) is 1. The minimum absolute atomic E-state index is 0.193. The van der Waals surface area contributed by atoms with Crippen LogP contribution in [0, 0.1) is 5.41 Å². The van der Waals surface area contributed by atoms with Crippen LogP contribution < -0.4 is 5.32 Å². The number of hydrogen-bond donors (Lipinski definition) is 2. The lowest BCUT2D eigenvalue weighted by Crippen LogP contribution is -2.51. The highest BCUT2D eigenvalue weighted by Crippen LogP contribution is 2.37. The van der Waals surface area contributed by atoms with Crippen molar-refractivity contribution in [3.63, 3.8) is 0 Å². The highest BCUT2D eigenvalue weighted by Gasteiger charge is 2.35. The lowest BCUT2D eigenvalue weighted by atomic mass is 9.73. The number of aliphatic hydroxyl groups excluding tert-OH is 1. The summed E-state index contributed by atoms with van der Waals surface area (Å²) in [6.07, 6.45) is 7.73. The molecule has 3 heteroatoms. The summed E-state index contributed by atoms with van der Waals surface area (Å²) in [5.74, 6) is 0. The van der Waals surface area contributed by atoms with Crippen LogP contribution in [0.25, 0.3) is 0 Å². The second-order valence-electron chi connectivity index (χ2n) is 8.31. The molecule has 0 unspecified atom stereocenters. The van der Waals surface area contributed by atoms with Gasteiger partial charge in [-0.3, -0.25) is 0 Å². The quantitative estimate of drug-likeness (QED) is 0.721. The van der Waals surface area contributed by atoms with E-state index in [0.717, 1.165) is 19.5 Å². The van der Waals surface area contributed by atoms with Crippen molar-refractivity contribution in [2.75, 3.05) is 26.2 Å². The first-order valence-electron chi connectivity index (χ1n) is 8.88. The first-order chi connectivity index (χ1) is 9.78. The van der Waals surface area contributed by atoms with Gasteiger partial charge < -0.3 is 15.3 Å². The van der Waals surface area contributed by atoms with Crippen molar-refractivity contribution in [2.24, 2.45) is 5.41 Å². The monoisotopic (exact) mass is 298 g/mol. The normalized spacial score (nSPS) is 19.4. The van der Waals surface area contributed by atoms with Crippen molar-refractivity contribution >= 4 is 0 Å². The van der Waals surface area contributed by atoms with Crippen molar-refractivity contribution in [3.05, 3.63) is 0 Å². The number of nitrogens with one attached hydrogen (secondary N) is 1. The van der Waals surface area contributed by atoms with E-state index in [1.54, 1.807) is 0 Å². The Balaban J connectivity index is 2.70. The van der Waals surface area contributed by atoms with Gasteiger partial charge in [-0.2, -0.15) is 0 Å². The smallest absolute Gasteiger partial charge is 0.0443 e. The van der Waals surface area contributed by atoms with Gasteiger partial charge in [0.25, 0.3) is 0 Å². The molecule has 0 bridgehead atoms.